The molecule has 1 fully saturated rings. The highest BCUT2D eigenvalue weighted by atomic mass is 35.5. The first-order valence-corrected chi connectivity index (χ1v) is 7.54. The van der Waals surface area contributed by atoms with Crippen LogP contribution in [0, 0.1) is 6.92 Å². The lowest BCUT2D eigenvalue weighted by Gasteiger charge is -2.19. The Kier molecular flexibility index (Phi) is 4.15. The number of benzene rings is 2. The number of nitrogens with two attached hydrogens (primary N) is 1. The molecule has 1 aliphatic rings. The number of aryl methyl sites for hydroxylation is 1. The maximum atomic E-state index is 6.40. The van der Waals surface area contributed by atoms with Crippen molar-refractivity contribution in [1.29, 1.82) is 0 Å². The molecule has 1 unspecified atom stereocenters. The number of rotatable bonds is 5. The molecule has 4 heteroatoms. The van der Waals surface area contributed by atoms with E-state index in [-0.39, 0.29) is 6.04 Å². The minimum atomic E-state index is -0.132. The molecule has 0 amide bonds. The van der Waals surface area contributed by atoms with Gasteiger partial charge in [0.05, 0.1) is 12.1 Å². The molecule has 0 spiro atoms. The Bertz CT molecular complexity index is 623. The van der Waals surface area contributed by atoms with Gasteiger partial charge in [-0.05, 0) is 48.6 Å². The van der Waals surface area contributed by atoms with Crippen molar-refractivity contribution in [2.75, 3.05) is 0 Å². The monoisotopic (exact) mass is 302 g/mol. The highest BCUT2D eigenvalue weighted by Gasteiger charge is 2.23. The van der Waals surface area contributed by atoms with Crippen molar-refractivity contribution in [2.24, 2.45) is 5.84 Å². The van der Waals surface area contributed by atoms with Crippen molar-refractivity contribution >= 4 is 11.6 Å². The molecule has 2 aromatic carbocycles. The molecule has 0 aliphatic heterocycles. The van der Waals surface area contributed by atoms with Crippen molar-refractivity contribution in [1.82, 2.24) is 5.43 Å². The summed E-state index contributed by atoms with van der Waals surface area (Å²) in [5, 5.41) is 0.749. The molecule has 0 bridgehead atoms. The lowest BCUT2D eigenvalue weighted by atomic mass is 9.97. The quantitative estimate of drug-likeness (QED) is 0.653. The van der Waals surface area contributed by atoms with Crippen molar-refractivity contribution in [2.45, 2.75) is 31.9 Å². The summed E-state index contributed by atoms with van der Waals surface area (Å²) in [6.07, 6.45) is 2.73. The van der Waals surface area contributed by atoms with E-state index in [9.17, 15) is 0 Å². The summed E-state index contributed by atoms with van der Waals surface area (Å²) in [5.41, 5.74) is 5.94. The van der Waals surface area contributed by atoms with Gasteiger partial charge in [-0.2, -0.15) is 0 Å². The highest BCUT2D eigenvalue weighted by molar-refractivity contribution is 6.32. The van der Waals surface area contributed by atoms with E-state index in [0.717, 1.165) is 40.3 Å². The van der Waals surface area contributed by atoms with Gasteiger partial charge < -0.3 is 4.74 Å². The zero-order valence-electron chi connectivity index (χ0n) is 12.0. The predicted octanol–water partition coefficient (Wildman–Crippen LogP) is 3.74. The number of ether oxygens (including phenoxy) is 1. The van der Waals surface area contributed by atoms with Gasteiger partial charge >= 0.3 is 0 Å². The Morgan fingerprint density at radius 3 is 2.52 bits per heavy atom. The van der Waals surface area contributed by atoms with Crippen LogP contribution in [-0.4, -0.2) is 6.10 Å². The first-order valence-electron chi connectivity index (χ1n) is 7.17. The Balaban J connectivity index is 1.86. The molecule has 1 atom stereocenters. The van der Waals surface area contributed by atoms with Gasteiger partial charge in [-0.15, -0.1) is 0 Å². The summed E-state index contributed by atoms with van der Waals surface area (Å²) in [6.45, 7) is 1.99. The maximum Gasteiger partial charge on any atom is 0.119 e. The lowest BCUT2D eigenvalue weighted by molar-refractivity contribution is 0.303. The second-order valence-corrected chi connectivity index (χ2v) is 5.84. The third kappa shape index (κ3) is 3.21. The predicted molar refractivity (Wildman–Crippen MR) is 85.4 cm³/mol. The third-order valence-electron chi connectivity index (χ3n) is 3.74. The van der Waals surface area contributed by atoms with E-state index < -0.39 is 0 Å². The van der Waals surface area contributed by atoms with Gasteiger partial charge in [-0.3, -0.25) is 5.84 Å². The Labute approximate surface area is 130 Å². The number of hydrogen-bond acceptors (Lipinski definition) is 3. The standard InChI is InChI=1S/C17H19ClN2O/c1-11-3-2-4-15(16(11)18)17(20-19)12-5-7-13(8-6-12)21-14-9-10-14/h2-8,14,17,20H,9-10,19H2,1H3. The number of halogens is 1. The van der Waals surface area contributed by atoms with Crippen molar-refractivity contribution in [3.05, 3.63) is 64.2 Å². The van der Waals surface area contributed by atoms with Gasteiger partial charge in [0.2, 0.25) is 0 Å². The van der Waals surface area contributed by atoms with Gasteiger partial charge in [0.1, 0.15) is 5.75 Å². The van der Waals surface area contributed by atoms with Crippen LogP contribution in [0.4, 0.5) is 0 Å². The van der Waals surface area contributed by atoms with Crippen LogP contribution in [-0.2, 0) is 0 Å². The van der Waals surface area contributed by atoms with E-state index in [0.29, 0.717) is 6.10 Å². The van der Waals surface area contributed by atoms with Crippen LogP contribution >= 0.6 is 11.6 Å². The van der Waals surface area contributed by atoms with Gasteiger partial charge in [0.15, 0.2) is 0 Å². The van der Waals surface area contributed by atoms with E-state index in [2.05, 4.69) is 5.43 Å². The second-order valence-electron chi connectivity index (χ2n) is 5.46. The minimum Gasteiger partial charge on any atom is -0.490 e. The molecule has 0 saturated heterocycles. The van der Waals surface area contributed by atoms with Crippen LogP contribution in [0.5, 0.6) is 5.75 Å². The molecule has 21 heavy (non-hydrogen) atoms. The normalized spacial score (nSPS) is 15.8. The first-order chi connectivity index (χ1) is 10.2. The minimum absolute atomic E-state index is 0.132. The zero-order chi connectivity index (χ0) is 14.8. The number of hydrazine groups is 1. The van der Waals surface area contributed by atoms with E-state index in [1.54, 1.807) is 0 Å². The van der Waals surface area contributed by atoms with Crippen LogP contribution in [0.3, 0.4) is 0 Å². The molecular weight excluding hydrogens is 284 g/mol. The van der Waals surface area contributed by atoms with Gasteiger partial charge in [-0.1, -0.05) is 41.9 Å². The molecule has 3 rings (SSSR count). The SMILES string of the molecule is Cc1cccc(C(NN)c2ccc(OC3CC3)cc2)c1Cl. The summed E-state index contributed by atoms with van der Waals surface area (Å²) in [4.78, 5) is 0. The Hall–Kier alpha value is -1.55. The van der Waals surface area contributed by atoms with E-state index >= 15 is 0 Å². The third-order valence-corrected chi connectivity index (χ3v) is 4.26. The largest absolute Gasteiger partial charge is 0.490 e. The van der Waals surface area contributed by atoms with Crippen molar-refractivity contribution in [3.63, 3.8) is 0 Å². The molecule has 1 aliphatic carbocycles. The highest BCUT2D eigenvalue weighted by Crippen LogP contribution is 2.32. The fourth-order valence-corrected chi connectivity index (χ4v) is 2.61. The fraction of sp³-hybridized carbons (Fsp3) is 0.294. The van der Waals surface area contributed by atoms with Crippen LogP contribution in [0.2, 0.25) is 5.02 Å². The Morgan fingerprint density at radius 2 is 1.90 bits per heavy atom. The summed E-state index contributed by atoms with van der Waals surface area (Å²) in [7, 11) is 0. The number of hydrogen-bond donors (Lipinski definition) is 2. The molecule has 0 radical (unpaired) electrons. The zero-order valence-corrected chi connectivity index (χ0v) is 12.7. The molecule has 3 N–H and O–H groups in total. The van der Waals surface area contributed by atoms with Gasteiger partial charge in [0.25, 0.3) is 0 Å². The average molecular weight is 303 g/mol. The smallest absolute Gasteiger partial charge is 0.119 e. The summed E-state index contributed by atoms with van der Waals surface area (Å²) in [6, 6.07) is 13.9. The molecule has 0 aromatic heterocycles. The first kappa shape index (κ1) is 14.4. The average Bonchev–Trinajstić information content (AvgIpc) is 3.30. The van der Waals surface area contributed by atoms with Gasteiger partial charge in [0, 0.05) is 5.02 Å². The second kappa shape index (κ2) is 6.06. The van der Waals surface area contributed by atoms with Crippen molar-refractivity contribution in [3.8, 4) is 5.75 Å². The molecule has 3 nitrogen and oxygen atoms in total. The van der Waals surface area contributed by atoms with E-state index in [4.69, 9.17) is 22.2 Å². The molecule has 0 heterocycles. The van der Waals surface area contributed by atoms with Crippen LogP contribution in [0.25, 0.3) is 0 Å². The van der Waals surface area contributed by atoms with Crippen LogP contribution < -0.4 is 16.0 Å². The topological polar surface area (TPSA) is 47.3 Å². The van der Waals surface area contributed by atoms with E-state index in [1.165, 1.54) is 0 Å². The Morgan fingerprint density at radius 1 is 1.19 bits per heavy atom. The molecule has 2 aromatic rings. The molecular formula is C17H19ClN2O. The summed E-state index contributed by atoms with van der Waals surface area (Å²) < 4.78 is 5.76. The van der Waals surface area contributed by atoms with E-state index in [1.807, 2.05) is 49.4 Å². The fourth-order valence-electron chi connectivity index (χ4n) is 2.38. The maximum absolute atomic E-state index is 6.40. The lowest BCUT2D eigenvalue weighted by Crippen LogP contribution is -2.29. The summed E-state index contributed by atoms with van der Waals surface area (Å²) in [5.74, 6) is 6.65. The van der Waals surface area contributed by atoms with Crippen LogP contribution in [0.15, 0.2) is 42.5 Å². The van der Waals surface area contributed by atoms with Crippen LogP contribution in [0.1, 0.15) is 35.6 Å². The number of nitrogens with one attached hydrogen (secondary N) is 1. The molecule has 110 valence electrons. The van der Waals surface area contributed by atoms with Crippen molar-refractivity contribution < 1.29 is 4.74 Å². The van der Waals surface area contributed by atoms with Gasteiger partial charge in [-0.25, -0.2) is 5.43 Å². The summed E-state index contributed by atoms with van der Waals surface area (Å²) >= 11 is 6.40. The molecule has 1 saturated carbocycles.